The summed E-state index contributed by atoms with van der Waals surface area (Å²) in [7, 11) is 0. The first-order valence-corrected chi connectivity index (χ1v) is 5.05. The van der Waals surface area contributed by atoms with Crippen LogP contribution in [0.1, 0.15) is 16.7 Å². The zero-order valence-electron chi connectivity index (χ0n) is 8.72. The van der Waals surface area contributed by atoms with Crippen molar-refractivity contribution >= 4 is 0 Å². The predicted molar refractivity (Wildman–Crippen MR) is 62.1 cm³/mol. The van der Waals surface area contributed by atoms with Crippen molar-refractivity contribution in [1.82, 2.24) is 0 Å². The minimum atomic E-state index is 0.283. The van der Waals surface area contributed by atoms with Gasteiger partial charge in [-0.15, -0.1) is 0 Å². The SMILES string of the molecule is N#Cc1ccc(Cc2cccc(O)c2)cc1. The number of phenolic OH excluding ortho intramolecular Hbond substituents is 1. The second-order valence-electron chi connectivity index (χ2n) is 3.66. The molecule has 0 unspecified atom stereocenters. The number of aromatic hydroxyl groups is 1. The lowest BCUT2D eigenvalue weighted by Crippen LogP contribution is -1.87. The van der Waals surface area contributed by atoms with Gasteiger partial charge in [-0.25, -0.2) is 0 Å². The lowest BCUT2D eigenvalue weighted by Gasteiger charge is -2.02. The standard InChI is InChI=1S/C14H11NO/c15-10-12-6-4-11(5-7-12)8-13-2-1-3-14(16)9-13/h1-7,9,16H,8H2. The van der Waals surface area contributed by atoms with Gasteiger partial charge >= 0.3 is 0 Å². The first-order valence-electron chi connectivity index (χ1n) is 5.05. The van der Waals surface area contributed by atoms with Crippen molar-refractivity contribution in [3.05, 3.63) is 65.2 Å². The van der Waals surface area contributed by atoms with Crippen LogP contribution in [-0.2, 0) is 6.42 Å². The van der Waals surface area contributed by atoms with Crippen molar-refractivity contribution in [2.75, 3.05) is 0 Å². The van der Waals surface area contributed by atoms with Crippen LogP contribution < -0.4 is 0 Å². The molecule has 0 aliphatic rings. The van der Waals surface area contributed by atoms with E-state index >= 15 is 0 Å². The Bertz CT molecular complexity index is 523. The zero-order chi connectivity index (χ0) is 11.4. The number of hydrogen-bond acceptors (Lipinski definition) is 2. The van der Waals surface area contributed by atoms with Crippen molar-refractivity contribution in [2.24, 2.45) is 0 Å². The Morgan fingerprint density at radius 2 is 1.75 bits per heavy atom. The number of rotatable bonds is 2. The fraction of sp³-hybridized carbons (Fsp3) is 0.0714. The molecule has 0 amide bonds. The minimum absolute atomic E-state index is 0.283. The Kier molecular flexibility index (Phi) is 2.88. The van der Waals surface area contributed by atoms with Gasteiger partial charge in [-0.05, 0) is 41.8 Å². The average Bonchev–Trinajstić information content (AvgIpc) is 2.30. The summed E-state index contributed by atoms with van der Waals surface area (Å²) in [6, 6.07) is 16.8. The van der Waals surface area contributed by atoms with Crippen LogP contribution in [0.3, 0.4) is 0 Å². The zero-order valence-corrected chi connectivity index (χ0v) is 8.72. The van der Waals surface area contributed by atoms with Crippen LogP contribution in [0.5, 0.6) is 5.75 Å². The van der Waals surface area contributed by atoms with E-state index < -0.39 is 0 Å². The van der Waals surface area contributed by atoms with E-state index in [-0.39, 0.29) is 5.75 Å². The maximum absolute atomic E-state index is 9.33. The highest BCUT2D eigenvalue weighted by Crippen LogP contribution is 2.15. The molecule has 0 saturated carbocycles. The lowest BCUT2D eigenvalue weighted by atomic mass is 10.0. The highest BCUT2D eigenvalue weighted by Gasteiger charge is 1.98. The van der Waals surface area contributed by atoms with Crippen LogP contribution in [0.2, 0.25) is 0 Å². The first kappa shape index (κ1) is 10.3. The van der Waals surface area contributed by atoms with Gasteiger partial charge in [0.2, 0.25) is 0 Å². The summed E-state index contributed by atoms with van der Waals surface area (Å²) >= 11 is 0. The molecule has 0 radical (unpaired) electrons. The third-order valence-electron chi connectivity index (χ3n) is 2.40. The summed E-state index contributed by atoms with van der Waals surface area (Å²) in [5.74, 6) is 0.283. The summed E-state index contributed by atoms with van der Waals surface area (Å²) < 4.78 is 0. The number of nitrogens with zero attached hydrogens (tertiary/aromatic N) is 1. The number of nitriles is 1. The number of benzene rings is 2. The van der Waals surface area contributed by atoms with Crippen LogP contribution in [0.15, 0.2) is 48.5 Å². The van der Waals surface area contributed by atoms with E-state index in [1.54, 1.807) is 24.3 Å². The third-order valence-corrected chi connectivity index (χ3v) is 2.40. The summed E-state index contributed by atoms with van der Waals surface area (Å²) in [6.07, 6.45) is 0.764. The molecule has 0 heterocycles. The molecule has 0 fully saturated rings. The molecule has 0 aromatic heterocycles. The van der Waals surface area contributed by atoms with Crippen LogP contribution >= 0.6 is 0 Å². The predicted octanol–water partition coefficient (Wildman–Crippen LogP) is 2.85. The second-order valence-corrected chi connectivity index (χ2v) is 3.66. The largest absolute Gasteiger partial charge is 0.508 e. The summed E-state index contributed by atoms with van der Waals surface area (Å²) in [5.41, 5.74) is 2.86. The molecule has 2 nitrogen and oxygen atoms in total. The van der Waals surface area contributed by atoms with Crippen molar-refractivity contribution in [3.8, 4) is 11.8 Å². The van der Waals surface area contributed by atoms with Crippen molar-refractivity contribution in [2.45, 2.75) is 6.42 Å². The van der Waals surface area contributed by atoms with Crippen LogP contribution in [-0.4, -0.2) is 5.11 Å². The van der Waals surface area contributed by atoms with Gasteiger partial charge in [0.25, 0.3) is 0 Å². The smallest absolute Gasteiger partial charge is 0.115 e. The molecule has 0 atom stereocenters. The molecule has 2 heteroatoms. The van der Waals surface area contributed by atoms with Gasteiger partial charge in [0, 0.05) is 0 Å². The molecule has 0 aliphatic heterocycles. The highest BCUT2D eigenvalue weighted by atomic mass is 16.3. The molecule has 0 spiro atoms. The van der Waals surface area contributed by atoms with Crippen LogP contribution in [0, 0.1) is 11.3 Å². The molecular formula is C14H11NO. The monoisotopic (exact) mass is 209 g/mol. The lowest BCUT2D eigenvalue weighted by molar-refractivity contribution is 0.474. The Hall–Kier alpha value is -2.27. The van der Waals surface area contributed by atoms with E-state index in [2.05, 4.69) is 6.07 Å². The van der Waals surface area contributed by atoms with Gasteiger partial charge in [0.05, 0.1) is 11.6 Å². The van der Waals surface area contributed by atoms with E-state index in [1.807, 2.05) is 24.3 Å². The Balaban J connectivity index is 2.18. The van der Waals surface area contributed by atoms with Crippen LogP contribution in [0.4, 0.5) is 0 Å². The van der Waals surface area contributed by atoms with Gasteiger partial charge in [-0.1, -0.05) is 24.3 Å². The van der Waals surface area contributed by atoms with Crippen LogP contribution in [0.25, 0.3) is 0 Å². The highest BCUT2D eigenvalue weighted by molar-refractivity contribution is 5.35. The molecule has 2 aromatic rings. The fourth-order valence-electron chi connectivity index (χ4n) is 1.60. The molecule has 0 aliphatic carbocycles. The normalized spacial score (nSPS) is 9.69. The number of phenols is 1. The third kappa shape index (κ3) is 2.40. The molecule has 16 heavy (non-hydrogen) atoms. The van der Waals surface area contributed by atoms with Crippen molar-refractivity contribution < 1.29 is 5.11 Å². The average molecular weight is 209 g/mol. The van der Waals surface area contributed by atoms with E-state index in [0.29, 0.717) is 5.56 Å². The number of hydrogen-bond donors (Lipinski definition) is 1. The molecule has 2 aromatic carbocycles. The first-order chi connectivity index (χ1) is 7.78. The Morgan fingerprint density at radius 1 is 1.00 bits per heavy atom. The second kappa shape index (κ2) is 4.50. The van der Waals surface area contributed by atoms with Crippen molar-refractivity contribution in [1.29, 1.82) is 5.26 Å². The molecule has 0 saturated heterocycles. The Labute approximate surface area is 94.4 Å². The maximum Gasteiger partial charge on any atom is 0.115 e. The molecule has 0 bridgehead atoms. The van der Waals surface area contributed by atoms with E-state index in [1.165, 1.54) is 0 Å². The molecule has 78 valence electrons. The van der Waals surface area contributed by atoms with Gasteiger partial charge in [-0.2, -0.15) is 5.26 Å². The quantitative estimate of drug-likeness (QED) is 0.826. The van der Waals surface area contributed by atoms with E-state index in [4.69, 9.17) is 5.26 Å². The fourth-order valence-corrected chi connectivity index (χ4v) is 1.60. The van der Waals surface area contributed by atoms with E-state index in [9.17, 15) is 5.11 Å². The molecular weight excluding hydrogens is 198 g/mol. The maximum atomic E-state index is 9.33. The van der Waals surface area contributed by atoms with Gasteiger partial charge in [-0.3, -0.25) is 0 Å². The molecule has 1 N–H and O–H groups in total. The summed E-state index contributed by atoms with van der Waals surface area (Å²) in [5, 5.41) is 18.0. The summed E-state index contributed by atoms with van der Waals surface area (Å²) in [6.45, 7) is 0. The van der Waals surface area contributed by atoms with E-state index in [0.717, 1.165) is 17.5 Å². The topological polar surface area (TPSA) is 44.0 Å². The van der Waals surface area contributed by atoms with Gasteiger partial charge in [0.15, 0.2) is 0 Å². The Morgan fingerprint density at radius 3 is 2.38 bits per heavy atom. The summed E-state index contributed by atoms with van der Waals surface area (Å²) in [4.78, 5) is 0. The van der Waals surface area contributed by atoms with Gasteiger partial charge < -0.3 is 5.11 Å². The molecule has 2 rings (SSSR count). The van der Waals surface area contributed by atoms with Crippen molar-refractivity contribution in [3.63, 3.8) is 0 Å². The minimum Gasteiger partial charge on any atom is -0.508 e. The van der Waals surface area contributed by atoms with Gasteiger partial charge in [0.1, 0.15) is 5.75 Å².